The van der Waals surface area contributed by atoms with Crippen molar-refractivity contribution in [1.82, 2.24) is 0 Å². The maximum atomic E-state index is 2.52. The number of hydrogen-bond donors (Lipinski definition) is 0. The van der Waals surface area contributed by atoms with Gasteiger partial charge in [0.2, 0.25) is 0 Å². The molecule has 2 aliphatic rings. The lowest BCUT2D eigenvalue weighted by Crippen LogP contribution is -2.25. The fraction of sp³-hybridized carbons (Fsp3) is 0.0154. The fourth-order valence-corrected chi connectivity index (χ4v) is 12.4. The van der Waals surface area contributed by atoms with Crippen LogP contribution in [0.1, 0.15) is 38.3 Å². The summed E-state index contributed by atoms with van der Waals surface area (Å²) in [7, 11) is 0. The van der Waals surface area contributed by atoms with E-state index in [1.165, 1.54) is 98.4 Å². The molecule has 0 fully saturated rings. The number of hydrogen-bond acceptors (Lipinski definition) is 2. The molecule has 314 valence electrons. The molecule has 0 aliphatic heterocycles. The van der Waals surface area contributed by atoms with Crippen LogP contribution >= 0.6 is 11.3 Å². The highest BCUT2D eigenvalue weighted by atomic mass is 32.1. The van der Waals surface area contributed by atoms with Gasteiger partial charge in [-0.05, 0) is 121 Å². The van der Waals surface area contributed by atoms with Gasteiger partial charge in [-0.3, -0.25) is 0 Å². The van der Waals surface area contributed by atoms with Crippen molar-refractivity contribution >= 4 is 50.1 Å². The first kappa shape index (κ1) is 39.1. The molecule has 13 rings (SSSR count). The largest absolute Gasteiger partial charge is 0.310 e. The SMILES string of the molecule is C(=C(c1ccccc1)c1ccccc1)c1ccc2c(c1)C1(c3ccccc3-c3ccc(N(c4ccc(-c5ccccc5)cc4)c4ccccc4-c4ccccc4)cc31)c1sc3ccccc3c1-2. The Morgan fingerprint density at radius 3 is 1.66 bits per heavy atom. The van der Waals surface area contributed by atoms with E-state index in [0.717, 1.165) is 17.1 Å². The Bertz CT molecular complexity index is 3620. The van der Waals surface area contributed by atoms with Gasteiger partial charge < -0.3 is 4.90 Å². The van der Waals surface area contributed by atoms with Crippen LogP contribution in [0.5, 0.6) is 0 Å². The van der Waals surface area contributed by atoms with Crippen LogP contribution in [0.3, 0.4) is 0 Å². The van der Waals surface area contributed by atoms with Crippen molar-refractivity contribution in [2.75, 3.05) is 4.90 Å². The number of benzene rings is 10. The Hall–Kier alpha value is -8.30. The zero-order valence-corrected chi connectivity index (χ0v) is 37.5. The van der Waals surface area contributed by atoms with E-state index in [4.69, 9.17) is 0 Å². The fourth-order valence-electron chi connectivity index (χ4n) is 10.9. The van der Waals surface area contributed by atoms with E-state index in [-0.39, 0.29) is 0 Å². The first-order chi connectivity index (χ1) is 33.2. The number of thiophene rings is 1. The van der Waals surface area contributed by atoms with E-state index >= 15 is 0 Å². The summed E-state index contributed by atoms with van der Waals surface area (Å²) < 4.78 is 1.32. The number of anilines is 3. The van der Waals surface area contributed by atoms with Crippen molar-refractivity contribution in [2.45, 2.75) is 5.41 Å². The molecule has 0 saturated heterocycles. The van der Waals surface area contributed by atoms with Crippen LogP contribution in [0.4, 0.5) is 17.1 Å². The third kappa shape index (κ3) is 6.29. The molecule has 0 bridgehead atoms. The number of fused-ring (bicyclic) bond motifs is 12. The summed E-state index contributed by atoms with van der Waals surface area (Å²) in [5.41, 5.74) is 21.5. The average Bonchev–Trinajstić information content (AvgIpc) is 4.03. The highest BCUT2D eigenvalue weighted by molar-refractivity contribution is 7.20. The Morgan fingerprint density at radius 1 is 0.388 bits per heavy atom. The van der Waals surface area contributed by atoms with Crippen LogP contribution in [-0.2, 0) is 5.41 Å². The quantitative estimate of drug-likeness (QED) is 0.138. The predicted octanol–water partition coefficient (Wildman–Crippen LogP) is 17.6. The maximum absolute atomic E-state index is 2.52. The lowest BCUT2D eigenvalue weighted by molar-refractivity contribution is 0.811. The van der Waals surface area contributed by atoms with Gasteiger partial charge in [0.05, 0.1) is 11.1 Å². The third-order valence-electron chi connectivity index (χ3n) is 13.9. The summed E-state index contributed by atoms with van der Waals surface area (Å²) in [5, 5.41) is 1.32. The van der Waals surface area contributed by atoms with Crippen molar-refractivity contribution in [3.8, 4) is 44.5 Å². The maximum Gasteiger partial charge on any atom is 0.0820 e. The van der Waals surface area contributed by atoms with Gasteiger partial charge in [0, 0.05) is 37.5 Å². The number of rotatable bonds is 8. The van der Waals surface area contributed by atoms with Crippen LogP contribution < -0.4 is 4.90 Å². The minimum atomic E-state index is -0.554. The molecule has 1 unspecified atom stereocenters. The van der Waals surface area contributed by atoms with Gasteiger partial charge in [-0.25, -0.2) is 0 Å². The summed E-state index contributed by atoms with van der Waals surface area (Å²) in [6.45, 7) is 0. The molecule has 2 aliphatic carbocycles. The van der Waals surface area contributed by atoms with Gasteiger partial charge in [0.25, 0.3) is 0 Å². The summed E-state index contributed by atoms with van der Waals surface area (Å²) in [4.78, 5) is 3.86. The van der Waals surface area contributed by atoms with Crippen LogP contribution in [0, 0.1) is 0 Å². The molecule has 1 nitrogen and oxygen atoms in total. The van der Waals surface area contributed by atoms with Gasteiger partial charge in [-0.1, -0.05) is 212 Å². The Kier molecular flexibility index (Phi) is 9.33. The van der Waals surface area contributed by atoms with E-state index in [0.29, 0.717) is 0 Å². The van der Waals surface area contributed by atoms with Crippen LogP contribution in [-0.4, -0.2) is 0 Å². The Morgan fingerprint density at radius 2 is 0.925 bits per heavy atom. The molecule has 2 heteroatoms. The molecule has 0 radical (unpaired) electrons. The standard InChI is InChI=1S/C65H43NS/c1-5-19-45(20-6-1)46-34-36-50(37-35-46)66(61-31-17-14-27-52(61)47-21-7-2-8-22-47)51-38-40-54-53-28-13-16-30-58(53)65(60(54)43-51)59-42-44(33-39-55(59)63-56-29-15-18-32-62(56)67-64(63)65)41-57(48-23-9-3-10-24-48)49-25-11-4-12-26-49/h1-43H. The first-order valence-electron chi connectivity index (χ1n) is 23.1. The zero-order valence-electron chi connectivity index (χ0n) is 36.7. The molecule has 10 aromatic carbocycles. The Balaban J connectivity index is 1.07. The summed E-state index contributed by atoms with van der Waals surface area (Å²) >= 11 is 1.96. The first-order valence-corrected chi connectivity index (χ1v) is 23.9. The zero-order chi connectivity index (χ0) is 44.3. The second kappa shape index (κ2) is 16.0. The molecule has 0 saturated carbocycles. The topological polar surface area (TPSA) is 3.24 Å². The van der Waals surface area contributed by atoms with Crippen LogP contribution in [0.15, 0.2) is 255 Å². The molecule has 0 amide bonds. The third-order valence-corrected chi connectivity index (χ3v) is 15.2. The number of nitrogens with zero attached hydrogens (tertiary/aromatic N) is 1. The van der Waals surface area contributed by atoms with E-state index in [2.05, 4.69) is 266 Å². The van der Waals surface area contributed by atoms with Gasteiger partial charge in [-0.2, -0.15) is 0 Å². The van der Waals surface area contributed by atoms with E-state index in [9.17, 15) is 0 Å². The number of para-hydroxylation sites is 1. The van der Waals surface area contributed by atoms with Crippen molar-refractivity contribution in [2.24, 2.45) is 0 Å². The normalized spacial score (nSPS) is 14.0. The van der Waals surface area contributed by atoms with E-state index in [1.807, 2.05) is 11.3 Å². The lowest BCUT2D eigenvalue weighted by Gasteiger charge is -2.32. The van der Waals surface area contributed by atoms with Crippen molar-refractivity contribution in [3.05, 3.63) is 293 Å². The summed E-state index contributed by atoms with van der Waals surface area (Å²) in [6, 6.07) is 93.7. The van der Waals surface area contributed by atoms with Gasteiger partial charge in [0.15, 0.2) is 0 Å². The molecular weight excluding hydrogens is 827 g/mol. The molecular formula is C65H43NS. The van der Waals surface area contributed by atoms with E-state index in [1.54, 1.807) is 0 Å². The molecule has 1 aromatic heterocycles. The van der Waals surface area contributed by atoms with Crippen molar-refractivity contribution < 1.29 is 0 Å². The molecule has 0 N–H and O–H groups in total. The van der Waals surface area contributed by atoms with Gasteiger partial charge >= 0.3 is 0 Å². The highest BCUT2D eigenvalue weighted by Crippen LogP contribution is 2.66. The van der Waals surface area contributed by atoms with Gasteiger partial charge in [0.1, 0.15) is 0 Å². The predicted molar refractivity (Wildman–Crippen MR) is 284 cm³/mol. The van der Waals surface area contributed by atoms with Crippen LogP contribution in [0.25, 0.3) is 66.2 Å². The minimum absolute atomic E-state index is 0.554. The monoisotopic (exact) mass is 869 g/mol. The van der Waals surface area contributed by atoms with Crippen LogP contribution in [0.2, 0.25) is 0 Å². The second-order valence-electron chi connectivity index (χ2n) is 17.6. The minimum Gasteiger partial charge on any atom is -0.310 e. The second-order valence-corrected chi connectivity index (χ2v) is 18.6. The molecule has 1 spiro atoms. The molecule has 11 aromatic rings. The molecule has 1 heterocycles. The van der Waals surface area contributed by atoms with Crippen molar-refractivity contribution in [3.63, 3.8) is 0 Å². The summed E-state index contributed by atoms with van der Waals surface area (Å²) in [5.74, 6) is 0. The Labute approximate surface area is 395 Å². The van der Waals surface area contributed by atoms with Crippen molar-refractivity contribution in [1.29, 1.82) is 0 Å². The van der Waals surface area contributed by atoms with Gasteiger partial charge in [-0.15, -0.1) is 11.3 Å². The highest BCUT2D eigenvalue weighted by Gasteiger charge is 2.53. The smallest absolute Gasteiger partial charge is 0.0820 e. The summed E-state index contributed by atoms with van der Waals surface area (Å²) in [6.07, 6.45) is 2.39. The average molecular weight is 870 g/mol. The molecule has 1 atom stereocenters. The van der Waals surface area contributed by atoms with E-state index < -0.39 is 5.41 Å². The lowest BCUT2D eigenvalue weighted by atomic mass is 9.73. The molecule has 67 heavy (non-hydrogen) atoms.